The van der Waals surface area contributed by atoms with Gasteiger partial charge >= 0.3 is 6.03 Å². The van der Waals surface area contributed by atoms with Crippen LogP contribution in [0.4, 0.5) is 14.9 Å². The van der Waals surface area contributed by atoms with Crippen LogP contribution >= 0.6 is 0 Å². The zero-order valence-corrected chi connectivity index (χ0v) is 15.6. The average Bonchev–Trinajstić information content (AvgIpc) is 3.22. The molecule has 27 heavy (non-hydrogen) atoms. The molecule has 8 heteroatoms. The molecule has 2 unspecified atom stereocenters. The second-order valence-electron chi connectivity index (χ2n) is 7.12. The summed E-state index contributed by atoms with van der Waals surface area (Å²) < 4.78 is 19.0. The Kier molecular flexibility index (Phi) is 6.49. The third-order valence-electron chi connectivity index (χ3n) is 5.17. The number of rotatable bonds is 5. The number of anilines is 1. The fourth-order valence-corrected chi connectivity index (χ4v) is 3.61. The molecule has 2 fully saturated rings. The van der Waals surface area contributed by atoms with Gasteiger partial charge in [0.25, 0.3) is 0 Å². The Balaban J connectivity index is 1.49. The van der Waals surface area contributed by atoms with Crippen molar-refractivity contribution < 1.29 is 18.7 Å². The average molecular weight is 378 g/mol. The maximum absolute atomic E-state index is 14.0. The van der Waals surface area contributed by atoms with Crippen molar-refractivity contribution in [3.63, 3.8) is 0 Å². The Hall–Kier alpha value is -2.35. The number of urea groups is 1. The molecule has 2 atom stereocenters. The van der Waals surface area contributed by atoms with E-state index >= 15 is 0 Å². The molecule has 2 saturated heterocycles. The normalized spacial score (nSPS) is 22.4. The molecule has 148 valence electrons. The molecule has 3 N–H and O–H groups in total. The Bertz CT molecular complexity index is 679. The molecule has 2 aliphatic rings. The third-order valence-corrected chi connectivity index (χ3v) is 5.17. The number of halogens is 1. The number of nitrogens with zero attached hydrogens (tertiary/aromatic N) is 1. The predicted molar refractivity (Wildman–Crippen MR) is 100 cm³/mol. The standard InChI is InChI=1S/C19H27FN4O3/c1-27-14-6-7-16(15(20)10-14)23-19(26)24-9-3-4-13(12-24)11-22-18(25)17-5-2-8-21-17/h6-7,10,13,17,21H,2-5,8-9,11-12H2,1H3,(H,22,25)(H,23,26). The molecule has 0 spiro atoms. The van der Waals surface area contributed by atoms with Crippen molar-refractivity contribution in [3.8, 4) is 5.75 Å². The number of amides is 3. The van der Waals surface area contributed by atoms with Crippen molar-refractivity contribution in [3.05, 3.63) is 24.0 Å². The van der Waals surface area contributed by atoms with Gasteiger partial charge in [-0.1, -0.05) is 0 Å². The summed E-state index contributed by atoms with van der Waals surface area (Å²) in [7, 11) is 1.46. The maximum Gasteiger partial charge on any atom is 0.321 e. The summed E-state index contributed by atoms with van der Waals surface area (Å²) >= 11 is 0. The Morgan fingerprint density at radius 1 is 1.33 bits per heavy atom. The number of benzene rings is 1. The van der Waals surface area contributed by atoms with Gasteiger partial charge < -0.3 is 25.6 Å². The van der Waals surface area contributed by atoms with Crippen LogP contribution in [0.2, 0.25) is 0 Å². The molecule has 3 rings (SSSR count). The molecule has 0 saturated carbocycles. The van der Waals surface area contributed by atoms with Gasteiger partial charge in [0.2, 0.25) is 5.91 Å². The molecule has 1 aromatic carbocycles. The largest absolute Gasteiger partial charge is 0.497 e. The van der Waals surface area contributed by atoms with Gasteiger partial charge in [-0.3, -0.25) is 4.79 Å². The maximum atomic E-state index is 14.0. The summed E-state index contributed by atoms with van der Waals surface area (Å²) in [6.45, 7) is 2.61. The first-order chi connectivity index (χ1) is 13.1. The minimum absolute atomic E-state index is 0.0365. The van der Waals surface area contributed by atoms with Crippen molar-refractivity contribution in [2.24, 2.45) is 5.92 Å². The highest BCUT2D eigenvalue weighted by molar-refractivity contribution is 5.89. The summed E-state index contributed by atoms with van der Waals surface area (Å²) in [4.78, 5) is 26.3. The molecule has 1 aromatic rings. The van der Waals surface area contributed by atoms with E-state index in [4.69, 9.17) is 4.74 Å². The molecule has 0 radical (unpaired) electrons. The number of nitrogens with one attached hydrogen (secondary N) is 3. The molecule has 2 aliphatic heterocycles. The van der Waals surface area contributed by atoms with Gasteiger partial charge in [-0.2, -0.15) is 0 Å². The third kappa shape index (κ3) is 5.09. The number of hydrogen-bond donors (Lipinski definition) is 3. The highest BCUT2D eigenvalue weighted by Gasteiger charge is 2.26. The van der Waals surface area contributed by atoms with Crippen LogP contribution in [0, 0.1) is 11.7 Å². The first-order valence-electron chi connectivity index (χ1n) is 9.47. The van der Waals surface area contributed by atoms with E-state index in [2.05, 4.69) is 16.0 Å². The van der Waals surface area contributed by atoms with Crippen LogP contribution in [0.25, 0.3) is 0 Å². The minimum atomic E-state index is -0.535. The second-order valence-corrected chi connectivity index (χ2v) is 7.12. The molecule has 0 bridgehead atoms. The molecular weight excluding hydrogens is 351 g/mol. The van der Waals surface area contributed by atoms with Gasteiger partial charge in [0, 0.05) is 25.7 Å². The number of methoxy groups -OCH3 is 1. The van der Waals surface area contributed by atoms with Gasteiger partial charge in [-0.05, 0) is 50.3 Å². The Morgan fingerprint density at radius 2 is 2.19 bits per heavy atom. The van der Waals surface area contributed by atoms with Gasteiger partial charge in [0.05, 0.1) is 18.8 Å². The van der Waals surface area contributed by atoms with Gasteiger partial charge in [-0.15, -0.1) is 0 Å². The van der Waals surface area contributed by atoms with E-state index < -0.39 is 5.82 Å². The number of ether oxygens (including phenoxy) is 1. The number of carbonyl (C=O) groups excluding carboxylic acids is 2. The van der Waals surface area contributed by atoms with Crippen LogP contribution in [-0.4, -0.2) is 56.2 Å². The quantitative estimate of drug-likeness (QED) is 0.731. The van der Waals surface area contributed by atoms with Crippen LogP contribution < -0.4 is 20.7 Å². The zero-order valence-electron chi connectivity index (χ0n) is 15.6. The summed E-state index contributed by atoms with van der Waals surface area (Å²) in [5.74, 6) is 0.105. The molecule has 0 aromatic heterocycles. The van der Waals surface area contributed by atoms with Gasteiger partial charge in [-0.25, -0.2) is 9.18 Å². The van der Waals surface area contributed by atoms with Crippen LogP contribution in [0.3, 0.4) is 0 Å². The van der Waals surface area contributed by atoms with Crippen LogP contribution in [0.15, 0.2) is 18.2 Å². The zero-order chi connectivity index (χ0) is 19.2. The number of likely N-dealkylation sites (tertiary alicyclic amines) is 1. The van der Waals surface area contributed by atoms with E-state index in [9.17, 15) is 14.0 Å². The molecule has 7 nitrogen and oxygen atoms in total. The lowest BCUT2D eigenvalue weighted by molar-refractivity contribution is -0.123. The number of piperidine rings is 1. The Labute approximate surface area is 158 Å². The monoisotopic (exact) mass is 378 g/mol. The highest BCUT2D eigenvalue weighted by Crippen LogP contribution is 2.22. The van der Waals surface area contributed by atoms with Gasteiger partial charge in [0.15, 0.2) is 0 Å². The lowest BCUT2D eigenvalue weighted by atomic mass is 9.98. The first kappa shape index (κ1) is 19.4. The minimum Gasteiger partial charge on any atom is -0.497 e. The summed E-state index contributed by atoms with van der Waals surface area (Å²) in [6.07, 6.45) is 3.72. The lowest BCUT2D eigenvalue weighted by Crippen LogP contribution is -2.47. The van der Waals surface area contributed by atoms with E-state index in [1.807, 2.05) is 0 Å². The van der Waals surface area contributed by atoms with Crippen molar-refractivity contribution in [1.29, 1.82) is 0 Å². The fourth-order valence-electron chi connectivity index (χ4n) is 3.61. The van der Waals surface area contributed by atoms with Crippen LogP contribution in [0.5, 0.6) is 5.75 Å². The summed E-state index contributed by atoms with van der Waals surface area (Å²) in [5.41, 5.74) is 0.128. The van der Waals surface area contributed by atoms with Crippen LogP contribution in [0.1, 0.15) is 25.7 Å². The summed E-state index contributed by atoms with van der Waals surface area (Å²) in [5, 5.41) is 8.79. The number of carbonyl (C=O) groups is 2. The van der Waals surface area contributed by atoms with Crippen molar-refractivity contribution >= 4 is 17.6 Å². The van der Waals surface area contributed by atoms with Crippen molar-refractivity contribution in [1.82, 2.24) is 15.5 Å². The highest BCUT2D eigenvalue weighted by atomic mass is 19.1. The van der Waals surface area contributed by atoms with E-state index in [0.29, 0.717) is 25.4 Å². The van der Waals surface area contributed by atoms with E-state index in [1.165, 1.54) is 19.2 Å². The predicted octanol–water partition coefficient (Wildman–Crippen LogP) is 1.95. The lowest BCUT2D eigenvalue weighted by Gasteiger charge is -2.33. The van der Waals surface area contributed by atoms with E-state index in [-0.39, 0.29) is 29.6 Å². The fraction of sp³-hybridized carbons (Fsp3) is 0.579. The molecule has 3 amide bonds. The van der Waals surface area contributed by atoms with E-state index in [0.717, 1.165) is 32.2 Å². The number of hydrogen-bond acceptors (Lipinski definition) is 4. The SMILES string of the molecule is COc1ccc(NC(=O)N2CCCC(CNC(=O)C3CCCN3)C2)c(F)c1. The Morgan fingerprint density at radius 3 is 2.89 bits per heavy atom. The van der Waals surface area contributed by atoms with Crippen molar-refractivity contribution in [2.75, 3.05) is 38.6 Å². The van der Waals surface area contributed by atoms with Crippen LogP contribution in [-0.2, 0) is 4.79 Å². The molecular formula is C19H27FN4O3. The topological polar surface area (TPSA) is 82.7 Å². The van der Waals surface area contributed by atoms with Crippen molar-refractivity contribution in [2.45, 2.75) is 31.7 Å². The van der Waals surface area contributed by atoms with Gasteiger partial charge in [0.1, 0.15) is 11.6 Å². The van der Waals surface area contributed by atoms with E-state index in [1.54, 1.807) is 11.0 Å². The smallest absolute Gasteiger partial charge is 0.321 e. The molecule has 0 aliphatic carbocycles. The first-order valence-corrected chi connectivity index (χ1v) is 9.47. The summed E-state index contributed by atoms with van der Waals surface area (Å²) in [6, 6.07) is 3.91. The molecule has 2 heterocycles. The second kappa shape index (κ2) is 9.03.